The molecule has 1 aromatic carbocycles. The van der Waals surface area contributed by atoms with Gasteiger partial charge in [-0.2, -0.15) is 0 Å². The molecule has 0 aliphatic carbocycles. The molecule has 18 heavy (non-hydrogen) atoms. The fourth-order valence-electron chi connectivity index (χ4n) is 2.07. The number of nitrogens with one attached hydrogen (secondary N) is 1. The largest absolute Gasteiger partial charge is 0.326 e. The lowest BCUT2D eigenvalue weighted by molar-refractivity contribution is -0.116. The van der Waals surface area contributed by atoms with Gasteiger partial charge in [0.2, 0.25) is 5.91 Å². The molecule has 0 aromatic heterocycles. The van der Waals surface area contributed by atoms with Gasteiger partial charge in [0.15, 0.2) is 9.84 Å². The molecule has 1 amide bonds. The maximum Gasteiger partial charge on any atom is 0.224 e. The fourth-order valence-corrected chi connectivity index (χ4v) is 4.48. The number of carbonyl (C=O) groups is 1. The molecule has 1 aliphatic heterocycles. The number of hydrogen-bond donors (Lipinski definition) is 1. The van der Waals surface area contributed by atoms with E-state index in [1.807, 2.05) is 24.3 Å². The Hall–Kier alpha value is -0.630. The van der Waals surface area contributed by atoms with Crippen molar-refractivity contribution in [2.24, 2.45) is 5.92 Å². The van der Waals surface area contributed by atoms with E-state index >= 15 is 0 Å². The van der Waals surface area contributed by atoms with E-state index in [1.165, 1.54) is 0 Å². The second-order valence-electron chi connectivity index (χ2n) is 4.53. The van der Waals surface area contributed by atoms with Gasteiger partial charge in [0.1, 0.15) is 0 Å². The molecular weight excluding hydrogens is 365 g/mol. The SMILES string of the molecule is O=C(C[C@H]1CCS(=O)(=O)C1)Nc1cccc(I)c1. The van der Waals surface area contributed by atoms with Crippen molar-refractivity contribution in [3.63, 3.8) is 0 Å². The number of rotatable bonds is 3. The zero-order valence-electron chi connectivity index (χ0n) is 9.73. The summed E-state index contributed by atoms with van der Waals surface area (Å²) in [4.78, 5) is 11.8. The molecule has 1 aliphatic rings. The van der Waals surface area contributed by atoms with Crippen molar-refractivity contribution >= 4 is 44.0 Å². The van der Waals surface area contributed by atoms with E-state index in [1.54, 1.807) is 0 Å². The van der Waals surface area contributed by atoms with Gasteiger partial charge in [-0.05, 0) is 53.1 Å². The van der Waals surface area contributed by atoms with Crippen LogP contribution in [-0.2, 0) is 14.6 Å². The van der Waals surface area contributed by atoms with Crippen LogP contribution in [0.1, 0.15) is 12.8 Å². The molecule has 0 spiro atoms. The summed E-state index contributed by atoms with van der Waals surface area (Å²) in [5, 5.41) is 2.80. The summed E-state index contributed by atoms with van der Waals surface area (Å²) < 4.78 is 23.6. The minimum Gasteiger partial charge on any atom is -0.326 e. The van der Waals surface area contributed by atoms with Crippen LogP contribution in [0.5, 0.6) is 0 Å². The lowest BCUT2D eigenvalue weighted by Gasteiger charge is -2.08. The van der Waals surface area contributed by atoms with Crippen LogP contribution in [0.15, 0.2) is 24.3 Å². The summed E-state index contributed by atoms with van der Waals surface area (Å²) in [7, 11) is -2.90. The van der Waals surface area contributed by atoms with E-state index < -0.39 is 9.84 Å². The topological polar surface area (TPSA) is 63.2 Å². The molecule has 1 saturated heterocycles. The van der Waals surface area contributed by atoms with Gasteiger partial charge in [0.25, 0.3) is 0 Å². The zero-order chi connectivity index (χ0) is 13.2. The molecule has 0 unspecified atom stereocenters. The Kier molecular flexibility index (Phi) is 4.26. The highest BCUT2D eigenvalue weighted by Crippen LogP contribution is 2.22. The Morgan fingerprint density at radius 1 is 1.44 bits per heavy atom. The molecule has 2 rings (SSSR count). The number of halogens is 1. The van der Waals surface area contributed by atoms with E-state index in [0.29, 0.717) is 6.42 Å². The molecule has 6 heteroatoms. The molecule has 1 heterocycles. The maximum atomic E-state index is 11.8. The number of anilines is 1. The van der Waals surface area contributed by atoms with Crippen molar-refractivity contribution in [1.82, 2.24) is 0 Å². The van der Waals surface area contributed by atoms with Gasteiger partial charge in [-0.25, -0.2) is 8.42 Å². The first-order valence-electron chi connectivity index (χ1n) is 5.70. The summed E-state index contributed by atoms with van der Waals surface area (Å²) in [6.45, 7) is 0. The lowest BCUT2D eigenvalue weighted by atomic mass is 10.1. The van der Waals surface area contributed by atoms with Crippen LogP contribution < -0.4 is 5.32 Å². The Morgan fingerprint density at radius 2 is 2.22 bits per heavy atom. The molecule has 1 aromatic rings. The average molecular weight is 379 g/mol. The second-order valence-corrected chi connectivity index (χ2v) is 8.01. The van der Waals surface area contributed by atoms with Gasteiger partial charge >= 0.3 is 0 Å². The highest BCUT2D eigenvalue weighted by Gasteiger charge is 2.29. The minimum atomic E-state index is -2.90. The van der Waals surface area contributed by atoms with Gasteiger partial charge in [0, 0.05) is 15.7 Å². The van der Waals surface area contributed by atoms with Crippen molar-refractivity contribution in [3.05, 3.63) is 27.8 Å². The molecule has 98 valence electrons. The second kappa shape index (κ2) is 5.56. The van der Waals surface area contributed by atoms with Crippen molar-refractivity contribution < 1.29 is 13.2 Å². The molecule has 0 radical (unpaired) electrons. The zero-order valence-corrected chi connectivity index (χ0v) is 12.7. The summed E-state index contributed by atoms with van der Waals surface area (Å²) in [6, 6.07) is 7.52. The summed E-state index contributed by atoms with van der Waals surface area (Å²) >= 11 is 2.18. The molecular formula is C12H14INO3S. The fraction of sp³-hybridized carbons (Fsp3) is 0.417. The van der Waals surface area contributed by atoms with Crippen LogP contribution in [0.4, 0.5) is 5.69 Å². The van der Waals surface area contributed by atoms with Crippen molar-refractivity contribution in [2.75, 3.05) is 16.8 Å². The first-order chi connectivity index (χ1) is 8.44. The first kappa shape index (κ1) is 13.8. The third-order valence-electron chi connectivity index (χ3n) is 2.91. The van der Waals surface area contributed by atoms with Crippen LogP contribution in [0.25, 0.3) is 0 Å². The first-order valence-corrected chi connectivity index (χ1v) is 8.60. The Labute approximate surface area is 120 Å². The van der Waals surface area contributed by atoms with Crippen LogP contribution in [0.2, 0.25) is 0 Å². The Bertz CT molecular complexity index is 556. The molecule has 1 atom stereocenters. The molecule has 1 fully saturated rings. The van der Waals surface area contributed by atoms with Gasteiger partial charge in [0.05, 0.1) is 11.5 Å². The van der Waals surface area contributed by atoms with Gasteiger partial charge < -0.3 is 5.32 Å². The summed E-state index contributed by atoms with van der Waals surface area (Å²) in [5.74, 6) is 0.220. The number of hydrogen-bond acceptors (Lipinski definition) is 3. The minimum absolute atomic E-state index is 0.0298. The quantitative estimate of drug-likeness (QED) is 0.818. The standard InChI is InChI=1S/C12H14INO3S/c13-10-2-1-3-11(7-10)14-12(15)6-9-4-5-18(16,17)8-9/h1-3,7,9H,4-6,8H2,(H,14,15)/t9-/m1/s1. The molecule has 0 bridgehead atoms. The van der Waals surface area contributed by atoms with E-state index in [0.717, 1.165) is 9.26 Å². The third kappa shape index (κ3) is 3.94. The van der Waals surface area contributed by atoms with E-state index in [4.69, 9.17) is 0 Å². The Balaban J connectivity index is 1.90. The predicted molar refractivity (Wildman–Crippen MR) is 79.2 cm³/mol. The number of sulfone groups is 1. The smallest absolute Gasteiger partial charge is 0.224 e. The highest BCUT2D eigenvalue weighted by molar-refractivity contribution is 14.1. The Morgan fingerprint density at radius 3 is 2.83 bits per heavy atom. The van der Waals surface area contributed by atoms with Crippen LogP contribution >= 0.6 is 22.6 Å². The van der Waals surface area contributed by atoms with Crippen molar-refractivity contribution in [3.8, 4) is 0 Å². The van der Waals surface area contributed by atoms with Crippen molar-refractivity contribution in [1.29, 1.82) is 0 Å². The predicted octanol–water partition coefficient (Wildman–Crippen LogP) is 2.05. The normalized spacial score (nSPS) is 21.7. The molecule has 4 nitrogen and oxygen atoms in total. The van der Waals surface area contributed by atoms with Gasteiger partial charge in [-0.1, -0.05) is 6.07 Å². The average Bonchev–Trinajstić information content (AvgIpc) is 2.57. The van der Waals surface area contributed by atoms with Crippen LogP contribution in [0, 0.1) is 9.49 Å². The van der Waals surface area contributed by atoms with Crippen LogP contribution in [-0.4, -0.2) is 25.8 Å². The summed E-state index contributed by atoms with van der Waals surface area (Å²) in [6.07, 6.45) is 0.882. The number of carbonyl (C=O) groups excluding carboxylic acids is 1. The van der Waals surface area contributed by atoms with Gasteiger partial charge in [-0.3, -0.25) is 4.79 Å². The van der Waals surface area contributed by atoms with E-state index in [2.05, 4.69) is 27.9 Å². The maximum absolute atomic E-state index is 11.8. The van der Waals surface area contributed by atoms with E-state index in [9.17, 15) is 13.2 Å². The van der Waals surface area contributed by atoms with Gasteiger partial charge in [-0.15, -0.1) is 0 Å². The number of amides is 1. The monoisotopic (exact) mass is 379 g/mol. The molecule has 1 N–H and O–H groups in total. The van der Waals surface area contributed by atoms with E-state index in [-0.39, 0.29) is 29.8 Å². The molecule has 0 saturated carbocycles. The highest BCUT2D eigenvalue weighted by atomic mass is 127. The lowest BCUT2D eigenvalue weighted by Crippen LogP contribution is -2.17. The van der Waals surface area contributed by atoms with Crippen LogP contribution in [0.3, 0.4) is 0 Å². The third-order valence-corrected chi connectivity index (χ3v) is 5.42. The number of benzene rings is 1. The summed E-state index contributed by atoms with van der Waals surface area (Å²) in [5.41, 5.74) is 0.757. The van der Waals surface area contributed by atoms with Crippen molar-refractivity contribution in [2.45, 2.75) is 12.8 Å².